The molecule has 1 aliphatic rings. The largest absolute Gasteiger partial charge is 0.274 e. The van der Waals surface area contributed by atoms with Gasteiger partial charge >= 0.3 is 0 Å². The van der Waals surface area contributed by atoms with Crippen LogP contribution in [0.15, 0.2) is 42.5 Å². The van der Waals surface area contributed by atoms with Gasteiger partial charge in [-0.2, -0.15) is 4.37 Å². The molecule has 0 aliphatic heterocycles. The smallest absolute Gasteiger partial charge is 0.235 e. The Hall–Kier alpha value is -1.30. The van der Waals surface area contributed by atoms with Crippen molar-refractivity contribution in [2.75, 3.05) is 4.90 Å². The van der Waals surface area contributed by atoms with Gasteiger partial charge in [-0.1, -0.05) is 59.4 Å². The number of amides is 1. The summed E-state index contributed by atoms with van der Waals surface area (Å²) < 4.78 is 4.51. The number of anilines is 2. The number of rotatable bonds is 4. The first-order chi connectivity index (χ1) is 13.3. The van der Waals surface area contributed by atoms with Crippen molar-refractivity contribution < 1.29 is 4.79 Å². The van der Waals surface area contributed by atoms with Gasteiger partial charge in [0, 0.05) is 17.5 Å². The molecule has 0 saturated heterocycles. The van der Waals surface area contributed by atoms with E-state index >= 15 is 0 Å². The number of carbonyl (C=O) groups excluding carboxylic acids is 1. The molecule has 4 rings (SSSR count). The third-order valence-electron chi connectivity index (χ3n) is 4.74. The zero-order valence-corrected chi connectivity index (χ0v) is 18.5. The molecule has 2 aromatic carbocycles. The topological polar surface area (TPSA) is 33.2 Å². The maximum Gasteiger partial charge on any atom is 0.235 e. The Morgan fingerprint density at radius 3 is 2.25 bits per heavy atom. The van der Waals surface area contributed by atoms with Crippen LogP contribution in [0.25, 0.3) is 11.3 Å². The summed E-state index contributed by atoms with van der Waals surface area (Å²) in [5.74, 6) is 0.417. The molecular formula is C20H14Cl4N2OS. The summed E-state index contributed by atoms with van der Waals surface area (Å²) in [7, 11) is 0. The maximum absolute atomic E-state index is 13.1. The van der Waals surface area contributed by atoms with Gasteiger partial charge in [0.25, 0.3) is 0 Å². The molecule has 1 aromatic heterocycles. The van der Waals surface area contributed by atoms with Gasteiger partial charge in [-0.15, -0.1) is 0 Å². The second-order valence-electron chi connectivity index (χ2n) is 6.77. The number of halogens is 4. The van der Waals surface area contributed by atoms with Gasteiger partial charge in [0.1, 0.15) is 5.00 Å². The fourth-order valence-electron chi connectivity index (χ4n) is 2.98. The third-order valence-corrected chi connectivity index (χ3v) is 7.00. The molecule has 0 spiro atoms. The van der Waals surface area contributed by atoms with E-state index in [2.05, 4.69) is 11.3 Å². The fourth-order valence-corrected chi connectivity index (χ4v) is 4.36. The Bertz CT molecular complexity index is 1070. The van der Waals surface area contributed by atoms with Crippen LogP contribution in [-0.4, -0.2) is 10.3 Å². The highest BCUT2D eigenvalue weighted by atomic mass is 35.5. The van der Waals surface area contributed by atoms with E-state index in [1.54, 1.807) is 35.2 Å². The maximum atomic E-state index is 13.1. The molecule has 1 saturated carbocycles. The second-order valence-corrected chi connectivity index (χ2v) is 9.18. The van der Waals surface area contributed by atoms with Crippen molar-refractivity contribution in [3.8, 4) is 11.3 Å². The lowest BCUT2D eigenvalue weighted by molar-refractivity contribution is -0.119. The van der Waals surface area contributed by atoms with Crippen LogP contribution in [0.2, 0.25) is 20.1 Å². The lowest BCUT2D eigenvalue weighted by atomic mass is 10.1. The van der Waals surface area contributed by atoms with E-state index in [0.29, 0.717) is 36.7 Å². The van der Waals surface area contributed by atoms with Crippen LogP contribution in [0.5, 0.6) is 0 Å². The van der Waals surface area contributed by atoms with Crippen LogP contribution < -0.4 is 4.90 Å². The number of aromatic nitrogens is 1. The van der Waals surface area contributed by atoms with Gasteiger partial charge in [0.2, 0.25) is 5.91 Å². The number of hydrogen-bond acceptors (Lipinski definition) is 3. The molecule has 1 aliphatic carbocycles. The van der Waals surface area contributed by atoms with Gasteiger partial charge < -0.3 is 0 Å². The Labute approximate surface area is 186 Å². The summed E-state index contributed by atoms with van der Waals surface area (Å²) in [4.78, 5) is 14.8. The summed E-state index contributed by atoms with van der Waals surface area (Å²) in [6.07, 6.45) is 0.884. The van der Waals surface area contributed by atoms with Crippen LogP contribution in [0.3, 0.4) is 0 Å². The number of hydrogen-bond donors (Lipinski definition) is 0. The Morgan fingerprint density at radius 1 is 1.00 bits per heavy atom. The molecule has 2 atom stereocenters. The highest BCUT2D eigenvalue weighted by Crippen LogP contribution is 2.44. The highest BCUT2D eigenvalue weighted by Gasteiger charge is 2.42. The molecule has 8 heteroatoms. The molecule has 3 aromatic rings. The summed E-state index contributed by atoms with van der Waals surface area (Å²) in [6.45, 7) is 2.07. The van der Waals surface area contributed by atoms with Gasteiger partial charge in [0.15, 0.2) is 0 Å². The zero-order valence-electron chi connectivity index (χ0n) is 14.6. The Morgan fingerprint density at radius 2 is 1.64 bits per heavy atom. The molecule has 144 valence electrons. The molecule has 28 heavy (non-hydrogen) atoms. The van der Waals surface area contributed by atoms with Crippen molar-refractivity contribution in [1.82, 2.24) is 4.37 Å². The minimum absolute atomic E-state index is 0.00461. The van der Waals surface area contributed by atoms with Gasteiger partial charge in [-0.05, 0) is 54.2 Å². The zero-order chi connectivity index (χ0) is 20.0. The monoisotopic (exact) mass is 470 g/mol. The van der Waals surface area contributed by atoms with E-state index in [-0.39, 0.29) is 11.8 Å². The molecule has 1 amide bonds. The van der Waals surface area contributed by atoms with E-state index in [1.807, 2.05) is 12.1 Å². The fraction of sp³-hybridized carbons (Fsp3) is 0.200. The number of benzene rings is 2. The number of carbonyl (C=O) groups is 1. The van der Waals surface area contributed by atoms with Crippen LogP contribution in [0.1, 0.15) is 13.3 Å². The molecule has 1 fully saturated rings. The normalized spacial score (nSPS) is 18.2. The summed E-state index contributed by atoms with van der Waals surface area (Å²) in [5, 5.41) is 2.49. The summed E-state index contributed by atoms with van der Waals surface area (Å²) >= 11 is 25.6. The lowest BCUT2D eigenvalue weighted by Gasteiger charge is -2.21. The van der Waals surface area contributed by atoms with Crippen LogP contribution in [0.4, 0.5) is 10.7 Å². The van der Waals surface area contributed by atoms with E-state index in [1.165, 1.54) is 11.5 Å². The molecule has 0 bridgehead atoms. The molecule has 1 heterocycles. The van der Waals surface area contributed by atoms with Crippen LogP contribution >= 0.6 is 57.9 Å². The average Bonchev–Trinajstić information content (AvgIpc) is 3.20. The van der Waals surface area contributed by atoms with E-state index in [9.17, 15) is 4.79 Å². The van der Waals surface area contributed by atoms with Gasteiger partial charge in [-0.25, -0.2) is 0 Å². The minimum Gasteiger partial charge on any atom is -0.274 e. The van der Waals surface area contributed by atoms with Crippen molar-refractivity contribution in [3.05, 3.63) is 62.6 Å². The highest BCUT2D eigenvalue weighted by molar-refractivity contribution is 7.10. The van der Waals surface area contributed by atoms with E-state index < -0.39 is 0 Å². The first-order valence-electron chi connectivity index (χ1n) is 8.56. The first-order valence-corrected chi connectivity index (χ1v) is 10.8. The summed E-state index contributed by atoms with van der Waals surface area (Å²) in [6, 6.07) is 12.4. The quantitative estimate of drug-likeness (QED) is 0.389. The predicted molar refractivity (Wildman–Crippen MR) is 118 cm³/mol. The van der Waals surface area contributed by atoms with Gasteiger partial charge in [-0.3, -0.25) is 9.69 Å². The predicted octanol–water partition coefficient (Wildman–Crippen LogP) is 7.74. The lowest BCUT2D eigenvalue weighted by Crippen LogP contribution is -2.27. The SMILES string of the molecule is C[C@@H]1C[C@H]1C(=O)N(c1ccc(Cl)c(Cl)c1)c1cc(-c2ccc(Cl)c(Cl)c2)ns1. The summed E-state index contributed by atoms with van der Waals surface area (Å²) in [5.41, 5.74) is 2.22. The van der Waals surface area contributed by atoms with Crippen LogP contribution in [0, 0.1) is 11.8 Å². The molecular weight excluding hydrogens is 458 g/mol. The first kappa shape index (κ1) is 20.0. The van der Waals surface area contributed by atoms with Crippen molar-refractivity contribution in [3.63, 3.8) is 0 Å². The Balaban J connectivity index is 1.74. The van der Waals surface area contributed by atoms with Crippen LogP contribution in [-0.2, 0) is 4.79 Å². The third kappa shape index (κ3) is 3.89. The Kier molecular flexibility index (Phi) is 5.60. The van der Waals surface area contributed by atoms with Crippen molar-refractivity contribution in [2.24, 2.45) is 11.8 Å². The molecule has 0 N–H and O–H groups in total. The van der Waals surface area contributed by atoms with Crippen molar-refractivity contribution >= 4 is 74.5 Å². The average molecular weight is 472 g/mol. The van der Waals surface area contributed by atoms with Crippen molar-refractivity contribution in [1.29, 1.82) is 0 Å². The van der Waals surface area contributed by atoms with E-state index in [0.717, 1.165) is 17.7 Å². The molecule has 0 unspecified atom stereocenters. The number of nitrogens with zero attached hydrogens (tertiary/aromatic N) is 2. The van der Waals surface area contributed by atoms with Crippen molar-refractivity contribution in [2.45, 2.75) is 13.3 Å². The second kappa shape index (κ2) is 7.85. The minimum atomic E-state index is 0.00461. The van der Waals surface area contributed by atoms with E-state index in [4.69, 9.17) is 46.4 Å². The van der Waals surface area contributed by atoms with Gasteiger partial charge in [0.05, 0.1) is 31.5 Å². The molecule has 3 nitrogen and oxygen atoms in total. The standard InChI is InChI=1S/C20H14Cl4N2OS/c1-10-6-13(10)20(27)26(12-3-5-15(22)17(24)8-12)19-9-18(25-28-19)11-2-4-14(21)16(23)7-11/h2-5,7-10,13H,6H2,1H3/t10-,13-/m1/s1. The molecule has 0 radical (unpaired) electrons.